The number of carbonyl (C=O) groups is 4. The summed E-state index contributed by atoms with van der Waals surface area (Å²) < 4.78 is 68.2. The van der Waals surface area contributed by atoms with E-state index in [2.05, 4.69) is 55.4 Å². The number of esters is 4. The number of carbonyl (C=O) groups excluding carboxylic acids is 4. The van der Waals surface area contributed by atoms with Crippen molar-refractivity contribution in [3.63, 3.8) is 0 Å². The van der Waals surface area contributed by atoms with E-state index in [0.29, 0.717) is 37.5 Å². The summed E-state index contributed by atoms with van der Waals surface area (Å²) >= 11 is 0. The van der Waals surface area contributed by atoms with Crippen molar-refractivity contribution in [1.29, 1.82) is 0 Å². The van der Waals surface area contributed by atoms with Gasteiger partial charge in [0.1, 0.15) is 19.3 Å². The van der Waals surface area contributed by atoms with Crippen LogP contribution in [0.15, 0.2) is 0 Å². The Kier molecular flexibility index (Phi) is 59.4. The number of hydrogen-bond donors (Lipinski definition) is 3. The predicted octanol–water partition coefficient (Wildman–Crippen LogP) is 20.1. The van der Waals surface area contributed by atoms with E-state index in [-0.39, 0.29) is 25.7 Å². The molecule has 2 unspecified atom stereocenters. The molecule has 0 aliphatic carbocycles. The summed E-state index contributed by atoms with van der Waals surface area (Å²) in [5.41, 5.74) is 0. The molecule has 0 amide bonds. The molecule has 0 aliphatic heterocycles. The molecular formula is C71H138O17P2. The third kappa shape index (κ3) is 64.8. The van der Waals surface area contributed by atoms with Crippen LogP contribution in [-0.2, 0) is 65.4 Å². The van der Waals surface area contributed by atoms with Gasteiger partial charge < -0.3 is 33.8 Å². The van der Waals surface area contributed by atoms with Crippen molar-refractivity contribution in [2.75, 3.05) is 39.6 Å². The highest BCUT2D eigenvalue weighted by Crippen LogP contribution is 2.45. The Morgan fingerprint density at radius 1 is 0.278 bits per heavy atom. The lowest BCUT2D eigenvalue weighted by Gasteiger charge is -2.21. The molecule has 0 aromatic rings. The quantitative estimate of drug-likeness (QED) is 0.0222. The highest BCUT2D eigenvalue weighted by atomic mass is 31.2. The molecule has 0 fully saturated rings. The second-order valence-corrected chi connectivity index (χ2v) is 30.4. The summed E-state index contributed by atoms with van der Waals surface area (Å²) in [6.07, 6.45) is 43.4. The smallest absolute Gasteiger partial charge is 0.462 e. The Morgan fingerprint density at radius 3 is 0.689 bits per heavy atom. The zero-order chi connectivity index (χ0) is 66.8. The van der Waals surface area contributed by atoms with Crippen molar-refractivity contribution in [3.05, 3.63) is 0 Å². The first-order chi connectivity index (χ1) is 43.1. The zero-order valence-electron chi connectivity index (χ0n) is 58.8. The normalized spacial score (nSPS) is 14.3. The van der Waals surface area contributed by atoms with Crippen molar-refractivity contribution in [2.24, 2.45) is 23.7 Å². The molecule has 0 radical (unpaired) electrons. The maximum absolute atomic E-state index is 13.0. The second kappa shape index (κ2) is 60.7. The lowest BCUT2D eigenvalue weighted by atomic mass is 10.0. The van der Waals surface area contributed by atoms with E-state index >= 15 is 0 Å². The standard InChI is InChI=1S/C71H138O17P2/c1-61(2)47-39-31-23-19-15-13-11-9-10-12-14-16-21-25-37-45-53-70(75)87-66(57-81-68(73)51-43-35-29-27-33-41-49-63(5)6)59-85-89(77,78)83-55-65(72)56-84-90(79,80)86-60-67(58-82-69(74)52-44-36-30-28-34-42-50-64(7)8)88-71(76)54-46-38-26-22-18-17-20-24-32-40-48-62(3)4/h61-67,72H,9-60H2,1-8H3,(H,77,78)(H,79,80)/t65-,66-,67-/m1/s1. The highest BCUT2D eigenvalue weighted by Gasteiger charge is 2.30. The number of ether oxygens (including phenoxy) is 4. The van der Waals surface area contributed by atoms with Crippen LogP contribution >= 0.6 is 15.6 Å². The van der Waals surface area contributed by atoms with E-state index in [9.17, 15) is 43.2 Å². The minimum absolute atomic E-state index is 0.104. The molecule has 0 aromatic heterocycles. The van der Waals surface area contributed by atoms with Gasteiger partial charge in [-0.3, -0.25) is 37.3 Å². The van der Waals surface area contributed by atoms with Gasteiger partial charge in [-0.2, -0.15) is 0 Å². The molecule has 534 valence electrons. The lowest BCUT2D eigenvalue weighted by molar-refractivity contribution is -0.161. The molecule has 0 spiro atoms. The Hall–Kier alpha value is -1.94. The third-order valence-corrected chi connectivity index (χ3v) is 18.2. The molecule has 19 heteroatoms. The van der Waals surface area contributed by atoms with Crippen LogP contribution < -0.4 is 0 Å². The second-order valence-electron chi connectivity index (χ2n) is 27.5. The largest absolute Gasteiger partial charge is 0.472 e. The molecule has 0 heterocycles. The van der Waals surface area contributed by atoms with Crippen LogP contribution in [-0.4, -0.2) is 96.7 Å². The van der Waals surface area contributed by atoms with Gasteiger partial charge in [-0.05, 0) is 49.4 Å². The first-order valence-electron chi connectivity index (χ1n) is 36.7. The number of aliphatic hydroxyl groups excluding tert-OH is 1. The summed E-state index contributed by atoms with van der Waals surface area (Å²) in [6, 6.07) is 0. The lowest BCUT2D eigenvalue weighted by Crippen LogP contribution is -2.30. The van der Waals surface area contributed by atoms with Gasteiger partial charge in [-0.25, -0.2) is 9.13 Å². The van der Waals surface area contributed by atoms with Crippen molar-refractivity contribution in [2.45, 2.75) is 369 Å². The van der Waals surface area contributed by atoms with Gasteiger partial charge in [0.15, 0.2) is 12.2 Å². The number of aliphatic hydroxyl groups is 1. The van der Waals surface area contributed by atoms with Crippen LogP contribution in [0.3, 0.4) is 0 Å². The minimum atomic E-state index is -4.95. The van der Waals surface area contributed by atoms with Crippen molar-refractivity contribution < 1.29 is 80.2 Å². The van der Waals surface area contributed by atoms with Gasteiger partial charge in [-0.1, -0.05) is 299 Å². The van der Waals surface area contributed by atoms with Gasteiger partial charge in [0.25, 0.3) is 0 Å². The van der Waals surface area contributed by atoms with Crippen LogP contribution in [0.5, 0.6) is 0 Å². The van der Waals surface area contributed by atoms with Crippen LogP contribution in [0.4, 0.5) is 0 Å². The maximum atomic E-state index is 13.0. The molecule has 90 heavy (non-hydrogen) atoms. The fraction of sp³-hybridized carbons (Fsp3) is 0.944. The molecule has 5 atom stereocenters. The van der Waals surface area contributed by atoms with Crippen LogP contribution in [0, 0.1) is 23.7 Å². The van der Waals surface area contributed by atoms with E-state index < -0.39 is 97.5 Å². The Labute approximate surface area is 549 Å². The van der Waals surface area contributed by atoms with Crippen molar-refractivity contribution >= 4 is 39.5 Å². The summed E-state index contributed by atoms with van der Waals surface area (Å²) in [6.45, 7) is 14.0. The predicted molar refractivity (Wildman–Crippen MR) is 363 cm³/mol. The average molecular weight is 1330 g/mol. The number of phosphoric ester groups is 2. The first kappa shape index (κ1) is 88.1. The molecule has 0 saturated heterocycles. The van der Waals surface area contributed by atoms with Gasteiger partial charge in [0.05, 0.1) is 26.4 Å². The summed E-state index contributed by atoms with van der Waals surface area (Å²) in [5.74, 6) is 0.788. The average Bonchev–Trinajstić information content (AvgIpc) is 2.45. The van der Waals surface area contributed by atoms with Gasteiger partial charge in [0.2, 0.25) is 0 Å². The third-order valence-electron chi connectivity index (χ3n) is 16.3. The highest BCUT2D eigenvalue weighted by molar-refractivity contribution is 7.47. The fourth-order valence-corrected chi connectivity index (χ4v) is 12.2. The topological polar surface area (TPSA) is 237 Å². The summed E-state index contributed by atoms with van der Waals surface area (Å²) in [4.78, 5) is 72.5. The van der Waals surface area contributed by atoms with Crippen LogP contribution in [0.1, 0.15) is 351 Å². The van der Waals surface area contributed by atoms with E-state index in [1.165, 1.54) is 141 Å². The van der Waals surface area contributed by atoms with E-state index in [0.717, 1.165) is 115 Å². The summed E-state index contributed by atoms with van der Waals surface area (Å²) in [5, 5.41) is 10.6. The number of hydrogen-bond acceptors (Lipinski definition) is 15. The monoisotopic (exact) mass is 1320 g/mol. The van der Waals surface area contributed by atoms with E-state index in [4.69, 9.17) is 37.0 Å². The van der Waals surface area contributed by atoms with E-state index in [1.807, 2.05) is 0 Å². The van der Waals surface area contributed by atoms with Gasteiger partial charge in [-0.15, -0.1) is 0 Å². The molecule has 17 nitrogen and oxygen atoms in total. The van der Waals surface area contributed by atoms with Crippen LogP contribution in [0.2, 0.25) is 0 Å². The Balaban J connectivity index is 5.18. The fourth-order valence-electron chi connectivity index (χ4n) is 10.7. The number of phosphoric acid groups is 2. The molecule has 0 aliphatic rings. The Morgan fingerprint density at radius 2 is 0.467 bits per heavy atom. The minimum Gasteiger partial charge on any atom is -0.462 e. The van der Waals surface area contributed by atoms with Crippen molar-refractivity contribution in [3.8, 4) is 0 Å². The zero-order valence-corrected chi connectivity index (χ0v) is 60.6. The van der Waals surface area contributed by atoms with Crippen molar-refractivity contribution in [1.82, 2.24) is 0 Å². The SMILES string of the molecule is CC(C)CCCCCCCCCCCCCCCCCCC(=O)O[C@H](COC(=O)CCCCCCCCC(C)C)COP(=O)(O)OC[C@@H](O)COP(=O)(O)OC[C@@H](COC(=O)CCCCCCCCC(C)C)OC(=O)CCCCCCCCCCCCC(C)C. The molecule has 0 bridgehead atoms. The maximum Gasteiger partial charge on any atom is 0.472 e. The van der Waals surface area contributed by atoms with Gasteiger partial charge in [0, 0.05) is 25.7 Å². The molecule has 0 aromatic carbocycles. The number of rotatable bonds is 68. The molecule has 0 rings (SSSR count). The Bertz CT molecular complexity index is 1780. The van der Waals surface area contributed by atoms with Crippen LogP contribution in [0.25, 0.3) is 0 Å². The molecule has 3 N–H and O–H groups in total. The first-order valence-corrected chi connectivity index (χ1v) is 39.7. The number of unbranched alkanes of at least 4 members (excludes halogenated alkanes) is 34. The molecular weight excluding hydrogens is 1190 g/mol. The van der Waals surface area contributed by atoms with E-state index in [1.54, 1.807) is 0 Å². The van der Waals surface area contributed by atoms with Gasteiger partial charge >= 0.3 is 39.5 Å². The molecule has 0 saturated carbocycles. The summed E-state index contributed by atoms with van der Waals surface area (Å²) in [7, 11) is -9.90.